The number of guanidine groups is 1. The zero-order valence-corrected chi connectivity index (χ0v) is 16.7. The van der Waals surface area contributed by atoms with Crippen LogP contribution in [-0.4, -0.2) is 29.7 Å². The first-order valence-electron chi connectivity index (χ1n) is 9.37. The fraction of sp³-hybridized carbons (Fsp3) is 0.286. The molecule has 150 valence electrons. The Morgan fingerprint density at radius 2 is 2.03 bits per heavy atom. The molecule has 0 aliphatic heterocycles. The lowest BCUT2D eigenvalue weighted by Gasteiger charge is -2.18. The lowest BCUT2D eigenvalue weighted by molar-refractivity contribution is 0.375. The highest BCUT2D eigenvalue weighted by Crippen LogP contribution is 2.47. The number of nitrogens with zero attached hydrogens (tertiary/aromatic N) is 3. The normalized spacial score (nSPS) is 15.2. The first-order valence-corrected chi connectivity index (χ1v) is 9.75. The van der Waals surface area contributed by atoms with Gasteiger partial charge in [0.05, 0.1) is 6.54 Å². The zero-order valence-electron chi connectivity index (χ0n) is 16.0. The molecule has 0 radical (unpaired) electrons. The van der Waals surface area contributed by atoms with Crippen LogP contribution in [0.4, 0.5) is 4.39 Å². The highest BCUT2D eigenvalue weighted by Gasteiger charge is 2.44. The molecular weight excluding hydrogens is 393 g/mol. The summed E-state index contributed by atoms with van der Waals surface area (Å²) < 4.78 is 18.9. The number of aliphatic imine (C=N–C) groups is 1. The Morgan fingerprint density at radius 1 is 1.21 bits per heavy atom. The van der Waals surface area contributed by atoms with Gasteiger partial charge in [0.25, 0.3) is 0 Å². The van der Waals surface area contributed by atoms with E-state index in [1.165, 1.54) is 6.07 Å². The molecule has 1 aromatic heterocycles. The Bertz CT molecular complexity index is 1030. The van der Waals surface area contributed by atoms with Crippen molar-refractivity contribution in [3.8, 4) is 11.4 Å². The number of halogens is 2. The summed E-state index contributed by atoms with van der Waals surface area (Å²) in [7, 11) is 1.70. The van der Waals surface area contributed by atoms with Crippen molar-refractivity contribution in [3.05, 3.63) is 70.8 Å². The van der Waals surface area contributed by atoms with Gasteiger partial charge in [-0.1, -0.05) is 41.0 Å². The standard InChI is InChI=1S/C21H21ClFN5O/c1-24-20(26-13-21(8-9-21)15-5-3-7-17(23)11-15)25-12-18-27-19(28-29-18)14-4-2-6-16(22)10-14/h2-7,10-11H,8-9,12-13H2,1H3,(H2,24,25,26). The van der Waals surface area contributed by atoms with Crippen molar-refractivity contribution in [2.45, 2.75) is 24.8 Å². The van der Waals surface area contributed by atoms with Gasteiger partial charge >= 0.3 is 0 Å². The molecule has 0 spiro atoms. The van der Waals surface area contributed by atoms with Gasteiger partial charge < -0.3 is 15.2 Å². The van der Waals surface area contributed by atoms with E-state index in [2.05, 4.69) is 25.8 Å². The van der Waals surface area contributed by atoms with Gasteiger partial charge in [-0.05, 0) is 42.7 Å². The average molecular weight is 414 g/mol. The molecule has 0 amide bonds. The van der Waals surface area contributed by atoms with E-state index in [4.69, 9.17) is 16.1 Å². The molecule has 3 aromatic rings. The van der Waals surface area contributed by atoms with Crippen LogP contribution in [0.1, 0.15) is 24.3 Å². The summed E-state index contributed by atoms with van der Waals surface area (Å²) >= 11 is 6.01. The van der Waals surface area contributed by atoms with Crippen LogP contribution in [0.3, 0.4) is 0 Å². The van der Waals surface area contributed by atoms with Crippen molar-refractivity contribution >= 4 is 17.6 Å². The van der Waals surface area contributed by atoms with Crippen LogP contribution in [0, 0.1) is 5.82 Å². The lowest BCUT2D eigenvalue weighted by Crippen LogP contribution is -2.41. The van der Waals surface area contributed by atoms with Gasteiger partial charge in [0, 0.05) is 29.6 Å². The maximum atomic E-state index is 13.6. The summed E-state index contributed by atoms with van der Waals surface area (Å²) in [4.78, 5) is 8.62. The summed E-state index contributed by atoms with van der Waals surface area (Å²) in [6, 6.07) is 14.1. The van der Waals surface area contributed by atoms with Gasteiger partial charge in [-0.3, -0.25) is 4.99 Å². The second-order valence-electron chi connectivity index (χ2n) is 7.09. The number of hydrogen-bond acceptors (Lipinski definition) is 4. The third-order valence-electron chi connectivity index (χ3n) is 5.07. The van der Waals surface area contributed by atoms with Gasteiger partial charge in [0.15, 0.2) is 5.96 Å². The average Bonchev–Trinajstić information content (AvgIpc) is 3.37. The SMILES string of the molecule is CN=C(NCc1nc(-c2cccc(Cl)c2)no1)NCC1(c2cccc(F)c2)CC1. The van der Waals surface area contributed by atoms with Crippen LogP contribution < -0.4 is 10.6 Å². The Balaban J connectivity index is 1.34. The predicted octanol–water partition coefficient (Wildman–Crippen LogP) is 3.93. The molecule has 1 fully saturated rings. The number of benzene rings is 2. The first kappa shape index (κ1) is 19.4. The van der Waals surface area contributed by atoms with E-state index in [1.807, 2.05) is 18.2 Å². The Kier molecular flexibility index (Phi) is 5.49. The Labute approximate surface area is 173 Å². The lowest BCUT2D eigenvalue weighted by atomic mass is 9.96. The second kappa shape index (κ2) is 8.21. The summed E-state index contributed by atoms with van der Waals surface area (Å²) in [6.45, 7) is 1.01. The molecule has 0 atom stereocenters. The van der Waals surface area contributed by atoms with Gasteiger partial charge in [0.1, 0.15) is 5.82 Å². The third-order valence-corrected chi connectivity index (χ3v) is 5.30. The van der Waals surface area contributed by atoms with E-state index in [9.17, 15) is 4.39 Å². The van der Waals surface area contributed by atoms with E-state index < -0.39 is 0 Å². The van der Waals surface area contributed by atoms with Crippen molar-refractivity contribution in [2.24, 2.45) is 4.99 Å². The summed E-state index contributed by atoms with van der Waals surface area (Å²) in [6.07, 6.45) is 2.04. The number of rotatable bonds is 6. The quantitative estimate of drug-likeness (QED) is 0.473. The van der Waals surface area contributed by atoms with Crippen LogP contribution in [0.15, 0.2) is 58.0 Å². The molecule has 1 aliphatic rings. The molecule has 2 aromatic carbocycles. The monoisotopic (exact) mass is 413 g/mol. The fourth-order valence-electron chi connectivity index (χ4n) is 3.24. The Morgan fingerprint density at radius 3 is 2.76 bits per heavy atom. The molecule has 1 aliphatic carbocycles. The van der Waals surface area contributed by atoms with Crippen molar-refractivity contribution in [1.29, 1.82) is 0 Å². The highest BCUT2D eigenvalue weighted by molar-refractivity contribution is 6.30. The van der Waals surface area contributed by atoms with Gasteiger partial charge in [-0.15, -0.1) is 0 Å². The van der Waals surface area contributed by atoms with E-state index in [-0.39, 0.29) is 11.2 Å². The molecule has 29 heavy (non-hydrogen) atoms. The Hall–Kier alpha value is -2.93. The zero-order chi connectivity index (χ0) is 20.3. The van der Waals surface area contributed by atoms with Gasteiger partial charge in [0.2, 0.25) is 11.7 Å². The molecule has 0 saturated heterocycles. The minimum absolute atomic E-state index is 0.0377. The first-order chi connectivity index (χ1) is 14.1. The minimum atomic E-state index is -0.205. The van der Waals surface area contributed by atoms with E-state index in [0.717, 1.165) is 24.0 Å². The molecule has 6 nitrogen and oxygen atoms in total. The van der Waals surface area contributed by atoms with Crippen LogP contribution in [-0.2, 0) is 12.0 Å². The topological polar surface area (TPSA) is 75.3 Å². The van der Waals surface area contributed by atoms with Crippen molar-refractivity contribution in [3.63, 3.8) is 0 Å². The largest absolute Gasteiger partial charge is 0.356 e. The fourth-order valence-corrected chi connectivity index (χ4v) is 3.43. The summed E-state index contributed by atoms with van der Waals surface area (Å²) in [5, 5.41) is 11.1. The van der Waals surface area contributed by atoms with Crippen LogP contribution >= 0.6 is 11.6 Å². The van der Waals surface area contributed by atoms with E-state index >= 15 is 0 Å². The van der Waals surface area contributed by atoms with Crippen molar-refractivity contribution in [1.82, 2.24) is 20.8 Å². The smallest absolute Gasteiger partial charge is 0.246 e. The summed E-state index contributed by atoms with van der Waals surface area (Å²) in [5.74, 6) is 1.34. The molecule has 1 heterocycles. The molecule has 8 heteroatoms. The number of aromatic nitrogens is 2. The van der Waals surface area contributed by atoms with E-state index in [0.29, 0.717) is 35.8 Å². The predicted molar refractivity (Wildman–Crippen MR) is 110 cm³/mol. The van der Waals surface area contributed by atoms with Gasteiger partial charge in [-0.25, -0.2) is 4.39 Å². The van der Waals surface area contributed by atoms with Gasteiger partial charge in [-0.2, -0.15) is 4.98 Å². The minimum Gasteiger partial charge on any atom is -0.356 e. The maximum Gasteiger partial charge on any atom is 0.246 e. The van der Waals surface area contributed by atoms with Crippen LogP contribution in [0.25, 0.3) is 11.4 Å². The summed E-state index contributed by atoms with van der Waals surface area (Å²) in [5.41, 5.74) is 1.77. The molecule has 1 saturated carbocycles. The van der Waals surface area contributed by atoms with Crippen LogP contribution in [0.2, 0.25) is 5.02 Å². The molecule has 0 bridgehead atoms. The van der Waals surface area contributed by atoms with Crippen LogP contribution in [0.5, 0.6) is 0 Å². The maximum absolute atomic E-state index is 13.6. The van der Waals surface area contributed by atoms with Crippen molar-refractivity contribution < 1.29 is 8.91 Å². The third kappa shape index (κ3) is 4.56. The molecule has 0 unspecified atom stereocenters. The van der Waals surface area contributed by atoms with Crippen molar-refractivity contribution in [2.75, 3.05) is 13.6 Å². The highest BCUT2D eigenvalue weighted by atomic mass is 35.5. The molecule has 4 rings (SSSR count). The van der Waals surface area contributed by atoms with E-state index in [1.54, 1.807) is 31.3 Å². The number of nitrogens with one attached hydrogen (secondary N) is 2. The number of hydrogen-bond donors (Lipinski definition) is 2. The second-order valence-corrected chi connectivity index (χ2v) is 7.53. The molecule has 2 N–H and O–H groups in total. The molecular formula is C21H21ClFN5O.